The van der Waals surface area contributed by atoms with E-state index in [9.17, 15) is 0 Å². The maximum absolute atomic E-state index is 5.59. The molecule has 4 heteroatoms. The molecule has 0 aromatic carbocycles. The summed E-state index contributed by atoms with van der Waals surface area (Å²) >= 11 is 5.59. The molecule has 1 aliphatic heterocycles. The summed E-state index contributed by atoms with van der Waals surface area (Å²) in [6, 6.07) is 0. The smallest absolute Gasteiger partial charge is 0.0991 e. The van der Waals surface area contributed by atoms with Gasteiger partial charge in [-0.25, -0.2) is 0 Å². The molecule has 1 saturated heterocycles. The Morgan fingerprint density at radius 3 is 2.53 bits per heavy atom. The second-order valence-corrected chi connectivity index (χ2v) is 4.25. The average Bonchev–Trinajstić information content (AvgIpc) is 2.29. The van der Waals surface area contributed by atoms with E-state index in [-0.39, 0.29) is 0 Å². The molecule has 0 aromatic heterocycles. The van der Waals surface area contributed by atoms with Crippen molar-refractivity contribution in [1.29, 1.82) is 0 Å². The number of unbranched alkanes of at least 4 members (excludes halogenated alkanes) is 3. The Morgan fingerprint density at radius 1 is 1.07 bits per heavy atom. The van der Waals surface area contributed by atoms with E-state index in [1.165, 1.54) is 12.8 Å². The van der Waals surface area contributed by atoms with Crippen LogP contribution in [0.3, 0.4) is 0 Å². The van der Waals surface area contributed by atoms with Crippen LogP contribution in [0.15, 0.2) is 0 Å². The van der Waals surface area contributed by atoms with Crippen molar-refractivity contribution in [2.24, 2.45) is 0 Å². The Bertz CT molecular complexity index is 141. The molecule has 0 aromatic rings. The van der Waals surface area contributed by atoms with Gasteiger partial charge in [0.2, 0.25) is 0 Å². The van der Waals surface area contributed by atoms with Gasteiger partial charge in [-0.2, -0.15) is 0 Å². The third kappa shape index (κ3) is 7.12. The van der Waals surface area contributed by atoms with Gasteiger partial charge >= 0.3 is 0 Å². The molecule has 0 saturated carbocycles. The third-order valence-electron chi connectivity index (χ3n) is 2.55. The number of nitrogens with zero attached hydrogens (tertiary/aromatic N) is 1. The van der Waals surface area contributed by atoms with Crippen molar-refractivity contribution >= 4 is 11.6 Å². The zero-order valence-corrected chi connectivity index (χ0v) is 10.2. The highest BCUT2D eigenvalue weighted by molar-refractivity contribution is 6.17. The summed E-state index contributed by atoms with van der Waals surface area (Å²) in [6.45, 7) is 5.34. The molecule has 1 heterocycles. The van der Waals surface area contributed by atoms with E-state index in [0.29, 0.717) is 0 Å². The molecule has 90 valence electrons. The first-order valence-electron chi connectivity index (χ1n) is 5.87. The highest BCUT2D eigenvalue weighted by Gasteiger charge is 2.09. The monoisotopic (exact) mass is 235 g/mol. The quantitative estimate of drug-likeness (QED) is 0.475. The van der Waals surface area contributed by atoms with Crippen LogP contribution in [0.1, 0.15) is 25.7 Å². The van der Waals surface area contributed by atoms with Crippen LogP contribution < -0.4 is 0 Å². The zero-order chi connectivity index (χ0) is 10.8. The number of hydrogen-bond donors (Lipinski definition) is 0. The van der Waals surface area contributed by atoms with Crippen molar-refractivity contribution in [1.82, 2.24) is 4.90 Å². The Labute approximate surface area is 97.7 Å². The van der Waals surface area contributed by atoms with Crippen LogP contribution >= 0.6 is 11.6 Å². The van der Waals surface area contributed by atoms with Gasteiger partial charge in [0.25, 0.3) is 0 Å². The number of halogens is 1. The predicted molar refractivity (Wildman–Crippen MR) is 62.4 cm³/mol. The molecular weight excluding hydrogens is 214 g/mol. The zero-order valence-electron chi connectivity index (χ0n) is 9.42. The van der Waals surface area contributed by atoms with Gasteiger partial charge in [-0.15, -0.1) is 11.6 Å². The molecule has 0 aliphatic carbocycles. The van der Waals surface area contributed by atoms with Crippen LogP contribution in [0.25, 0.3) is 0 Å². The van der Waals surface area contributed by atoms with Gasteiger partial charge in [0.1, 0.15) is 0 Å². The molecule has 0 N–H and O–H groups in total. The first kappa shape index (κ1) is 13.2. The molecule has 0 unspecified atom stereocenters. The van der Waals surface area contributed by atoms with Gasteiger partial charge < -0.3 is 9.47 Å². The molecule has 1 rings (SSSR count). The van der Waals surface area contributed by atoms with Crippen LogP contribution in [-0.4, -0.2) is 50.4 Å². The molecule has 0 atom stereocenters. The maximum Gasteiger partial charge on any atom is 0.0991 e. The van der Waals surface area contributed by atoms with Crippen LogP contribution in [0.2, 0.25) is 0 Å². The first-order chi connectivity index (χ1) is 7.43. The van der Waals surface area contributed by atoms with Crippen LogP contribution in [0.4, 0.5) is 0 Å². The van der Waals surface area contributed by atoms with Crippen molar-refractivity contribution in [3.05, 3.63) is 0 Å². The van der Waals surface area contributed by atoms with Gasteiger partial charge in [0, 0.05) is 25.6 Å². The molecule has 1 fully saturated rings. The van der Waals surface area contributed by atoms with E-state index in [0.717, 1.165) is 58.4 Å². The highest BCUT2D eigenvalue weighted by Crippen LogP contribution is 2.02. The van der Waals surface area contributed by atoms with Gasteiger partial charge in [-0.3, -0.25) is 4.90 Å². The van der Waals surface area contributed by atoms with Crippen molar-refractivity contribution in [3.8, 4) is 0 Å². The summed E-state index contributed by atoms with van der Waals surface area (Å²) in [5.41, 5.74) is 0. The minimum atomic E-state index is 0.763. The number of hydrogen-bond acceptors (Lipinski definition) is 3. The lowest BCUT2D eigenvalue weighted by Gasteiger charge is -2.26. The van der Waals surface area contributed by atoms with Crippen molar-refractivity contribution in [2.75, 3.05) is 45.5 Å². The lowest BCUT2D eigenvalue weighted by atomic mass is 10.2. The van der Waals surface area contributed by atoms with Crippen LogP contribution in [0.5, 0.6) is 0 Å². The van der Waals surface area contributed by atoms with E-state index in [2.05, 4.69) is 4.90 Å². The fourth-order valence-electron chi connectivity index (χ4n) is 1.58. The Hall–Kier alpha value is 0.170. The minimum Gasteiger partial charge on any atom is -0.379 e. The summed E-state index contributed by atoms with van der Waals surface area (Å²) in [5.74, 6) is 0.786. The van der Waals surface area contributed by atoms with E-state index in [4.69, 9.17) is 21.1 Å². The van der Waals surface area contributed by atoms with Crippen molar-refractivity contribution in [3.63, 3.8) is 0 Å². The highest BCUT2D eigenvalue weighted by atomic mass is 35.5. The minimum absolute atomic E-state index is 0.763. The molecule has 0 radical (unpaired) electrons. The fourth-order valence-corrected chi connectivity index (χ4v) is 1.77. The molecule has 0 spiro atoms. The number of morpholine rings is 1. The van der Waals surface area contributed by atoms with E-state index in [1.807, 2.05) is 0 Å². The lowest BCUT2D eigenvalue weighted by Crippen LogP contribution is -2.37. The summed E-state index contributed by atoms with van der Waals surface area (Å²) in [5, 5.41) is 0. The summed E-state index contributed by atoms with van der Waals surface area (Å²) in [7, 11) is 0. The number of alkyl halides is 1. The standard InChI is InChI=1S/C11H22ClNO2/c12-5-3-1-2-4-8-15-11-13-6-9-14-10-7-13/h1-11H2. The molecule has 15 heavy (non-hydrogen) atoms. The number of ether oxygens (including phenoxy) is 2. The average molecular weight is 236 g/mol. The van der Waals surface area contributed by atoms with Gasteiger partial charge in [-0.1, -0.05) is 12.8 Å². The fraction of sp³-hybridized carbons (Fsp3) is 1.00. The third-order valence-corrected chi connectivity index (χ3v) is 2.82. The van der Waals surface area contributed by atoms with Crippen LogP contribution in [-0.2, 0) is 9.47 Å². The largest absolute Gasteiger partial charge is 0.379 e. The topological polar surface area (TPSA) is 21.7 Å². The lowest BCUT2D eigenvalue weighted by molar-refractivity contribution is -0.0333. The Kier molecular flexibility index (Phi) is 8.29. The van der Waals surface area contributed by atoms with Crippen LogP contribution in [0, 0.1) is 0 Å². The van der Waals surface area contributed by atoms with E-state index >= 15 is 0 Å². The molecule has 3 nitrogen and oxygen atoms in total. The van der Waals surface area contributed by atoms with E-state index in [1.54, 1.807) is 0 Å². The normalized spacial score (nSPS) is 18.2. The summed E-state index contributed by atoms with van der Waals surface area (Å²) < 4.78 is 10.9. The molecule has 0 amide bonds. The second kappa shape index (κ2) is 9.40. The predicted octanol–water partition coefficient (Wildman–Crippen LogP) is 2.09. The van der Waals surface area contributed by atoms with Gasteiger partial charge in [0.15, 0.2) is 0 Å². The molecule has 0 bridgehead atoms. The Balaban J connectivity index is 1.79. The van der Waals surface area contributed by atoms with E-state index < -0.39 is 0 Å². The number of rotatable bonds is 8. The molecule has 1 aliphatic rings. The van der Waals surface area contributed by atoms with Gasteiger partial charge in [0.05, 0.1) is 19.9 Å². The van der Waals surface area contributed by atoms with Gasteiger partial charge in [-0.05, 0) is 12.8 Å². The second-order valence-electron chi connectivity index (χ2n) is 3.87. The summed E-state index contributed by atoms with van der Waals surface area (Å²) in [4.78, 5) is 2.29. The molecular formula is C11H22ClNO2. The van der Waals surface area contributed by atoms with Crippen molar-refractivity contribution < 1.29 is 9.47 Å². The van der Waals surface area contributed by atoms with Crippen molar-refractivity contribution in [2.45, 2.75) is 25.7 Å². The summed E-state index contributed by atoms with van der Waals surface area (Å²) in [6.07, 6.45) is 4.74. The maximum atomic E-state index is 5.59. The first-order valence-corrected chi connectivity index (χ1v) is 6.41. The Morgan fingerprint density at radius 2 is 1.80 bits per heavy atom. The SMILES string of the molecule is ClCCCCCCOCN1CCOCC1.